The molecule has 1 aliphatic rings. The predicted octanol–water partition coefficient (Wildman–Crippen LogP) is 0.818. The van der Waals surface area contributed by atoms with Gasteiger partial charge >= 0.3 is 0 Å². The van der Waals surface area contributed by atoms with Gasteiger partial charge in [-0.3, -0.25) is 9.59 Å². The molecule has 0 spiro atoms. The summed E-state index contributed by atoms with van der Waals surface area (Å²) in [7, 11) is 1.78. The van der Waals surface area contributed by atoms with Crippen molar-refractivity contribution in [3.63, 3.8) is 0 Å². The van der Waals surface area contributed by atoms with Crippen LogP contribution in [0.25, 0.3) is 0 Å². The maximum atomic E-state index is 11.8. The van der Waals surface area contributed by atoms with Gasteiger partial charge in [-0.05, 0) is 43.5 Å². The Hall–Kier alpha value is -1.59. The number of likely N-dealkylation sites (N-methyl/N-ethyl adjacent to an activating group) is 1. The Bertz CT molecular complexity index is 507. The second-order valence-corrected chi connectivity index (χ2v) is 5.29. The number of carbonyl (C=O) groups is 2. The predicted molar refractivity (Wildman–Crippen MR) is 84.5 cm³/mol. The highest BCUT2D eigenvalue weighted by molar-refractivity contribution is 5.92. The molecule has 0 aliphatic carbocycles. The molecule has 0 bridgehead atoms. The molecule has 1 aliphatic heterocycles. The summed E-state index contributed by atoms with van der Waals surface area (Å²) in [5, 5.41) is 2.89. The summed E-state index contributed by atoms with van der Waals surface area (Å²) in [4.78, 5) is 24.9. The smallest absolute Gasteiger partial charge is 0.248 e. The number of nitrogens with zero attached hydrogens (tertiary/aromatic N) is 1. The minimum absolute atomic E-state index is 0. The van der Waals surface area contributed by atoms with Gasteiger partial charge in [0.05, 0.1) is 6.54 Å². The summed E-state index contributed by atoms with van der Waals surface area (Å²) in [5.41, 5.74) is 6.94. The van der Waals surface area contributed by atoms with Crippen molar-refractivity contribution in [2.45, 2.75) is 12.8 Å². The topological polar surface area (TPSA) is 75.4 Å². The maximum Gasteiger partial charge on any atom is 0.248 e. The average molecular weight is 312 g/mol. The lowest BCUT2D eigenvalue weighted by atomic mass is 9.97. The quantitative estimate of drug-likeness (QED) is 0.845. The van der Waals surface area contributed by atoms with Crippen LogP contribution in [0, 0.1) is 5.92 Å². The lowest BCUT2D eigenvalue weighted by Crippen LogP contribution is -2.35. The molecule has 1 aromatic carbocycles. The van der Waals surface area contributed by atoms with Gasteiger partial charge in [0.2, 0.25) is 11.8 Å². The molecule has 0 saturated carbocycles. The van der Waals surface area contributed by atoms with Crippen molar-refractivity contribution in [3.05, 3.63) is 35.4 Å². The summed E-state index contributed by atoms with van der Waals surface area (Å²) < 4.78 is 0. The molecule has 6 heteroatoms. The molecule has 5 nitrogen and oxygen atoms in total. The standard InChI is InChI=1S/C15H21N3O2.ClH/c1-17-9-14(19)18-6-5-12(10-18)7-11-3-2-4-13(8-11)15(16)20;/h2-4,8,12,17H,5-7,9-10H2,1H3,(H2,16,20);1H. The van der Waals surface area contributed by atoms with Crippen molar-refractivity contribution in [1.82, 2.24) is 10.2 Å². The van der Waals surface area contributed by atoms with Gasteiger partial charge in [-0.1, -0.05) is 12.1 Å². The summed E-state index contributed by atoms with van der Waals surface area (Å²) in [6.45, 7) is 2.01. The van der Waals surface area contributed by atoms with Crippen LogP contribution in [-0.4, -0.2) is 43.4 Å². The van der Waals surface area contributed by atoms with E-state index in [0.29, 0.717) is 18.0 Å². The van der Waals surface area contributed by atoms with E-state index in [1.165, 1.54) is 0 Å². The molecule has 3 N–H and O–H groups in total. The highest BCUT2D eigenvalue weighted by Crippen LogP contribution is 2.21. The Labute approximate surface area is 131 Å². The molecule has 2 amide bonds. The van der Waals surface area contributed by atoms with Gasteiger partial charge in [0, 0.05) is 18.7 Å². The van der Waals surface area contributed by atoms with E-state index in [-0.39, 0.29) is 18.3 Å². The summed E-state index contributed by atoms with van der Waals surface area (Å²) in [5.74, 6) is 0.212. The van der Waals surface area contributed by atoms with Gasteiger partial charge in [-0.2, -0.15) is 0 Å². The highest BCUT2D eigenvalue weighted by Gasteiger charge is 2.25. The van der Waals surface area contributed by atoms with E-state index >= 15 is 0 Å². The van der Waals surface area contributed by atoms with Crippen LogP contribution < -0.4 is 11.1 Å². The summed E-state index contributed by atoms with van der Waals surface area (Å²) >= 11 is 0. The number of hydrogen-bond donors (Lipinski definition) is 2. The van der Waals surface area contributed by atoms with E-state index in [1.54, 1.807) is 13.1 Å². The number of amides is 2. The molecule has 1 atom stereocenters. The fourth-order valence-corrected chi connectivity index (χ4v) is 2.67. The van der Waals surface area contributed by atoms with Crippen LogP contribution in [0.4, 0.5) is 0 Å². The largest absolute Gasteiger partial charge is 0.366 e. The van der Waals surface area contributed by atoms with Crippen LogP contribution in [0.3, 0.4) is 0 Å². The Morgan fingerprint density at radius 1 is 1.43 bits per heavy atom. The number of likely N-dealkylation sites (tertiary alicyclic amines) is 1. The Balaban J connectivity index is 0.00000220. The molecule has 2 rings (SSSR count). The first-order chi connectivity index (χ1) is 9.60. The number of halogens is 1. The SMILES string of the molecule is CNCC(=O)N1CCC(Cc2cccc(C(N)=O)c2)C1.Cl. The lowest BCUT2D eigenvalue weighted by molar-refractivity contribution is -0.129. The molecule has 116 valence electrons. The van der Waals surface area contributed by atoms with Crippen LogP contribution in [0.1, 0.15) is 22.3 Å². The van der Waals surface area contributed by atoms with Gasteiger partial charge in [-0.15, -0.1) is 12.4 Å². The van der Waals surface area contributed by atoms with Crippen molar-refractivity contribution in [2.75, 3.05) is 26.7 Å². The maximum absolute atomic E-state index is 11.8. The third kappa shape index (κ3) is 4.72. The van der Waals surface area contributed by atoms with Gasteiger partial charge in [0.1, 0.15) is 0 Å². The number of primary amides is 1. The van der Waals surface area contributed by atoms with E-state index in [1.807, 2.05) is 23.1 Å². The molecular weight excluding hydrogens is 290 g/mol. The van der Waals surface area contributed by atoms with E-state index in [9.17, 15) is 9.59 Å². The first kappa shape index (κ1) is 17.5. The van der Waals surface area contributed by atoms with Crippen molar-refractivity contribution in [3.8, 4) is 0 Å². The number of rotatable bonds is 5. The number of nitrogens with one attached hydrogen (secondary N) is 1. The fraction of sp³-hybridized carbons (Fsp3) is 0.467. The van der Waals surface area contributed by atoms with Crippen molar-refractivity contribution in [2.24, 2.45) is 11.7 Å². The summed E-state index contributed by atoms with van der Waals surface area (Å²) in [6, 6.07) is 7.43. The van der Waals surface area contributed by atoms with Crippen LogP contribution in [-0.2, 0) is 11.2 Å². The molecule has 1 aromatic rings. The zero-order valence-electron chi connectivity index (χ0n) is 12.2. The van der Waals surface area contributed by atoms with Crippen LogP contribution >= 0.6 is 12.4 Å². The average Bonchev–Trinajstić information content (AvgIpc) is 2.88. The molecule has 21 heavy (non-hydrogen) atoms. The molecule has 1 saturated heterocycles. The van der Waals surface area contributed by atoms with Crippen molar-refractivity contribution < 1.29 is 9.59 Å². The van der Waals surface area contributed by atoms with Gasteiger partial charge in [-0.25, -0.2) is 0 Å². The Kier molecular flexibility index (Phi) is 6.65. The molecule has 0 radical (unpaired) electrons. The third-order valence-electron chi connectivity index (χ3n) is 3.70. The van der Waals surface area contributed by atoms with Gasteiger partial charge < -0.3 is 16.0 Å². The van der Waals surface area contributed by atoms with Crippen LogP contribution in [0.2, 0.25) is 0 Å². The normalized spacial score (nSPS) is 17.4. The monoisotopic (exact) mass is 311 g/mol. The molecule has 1 fully saturated rings. The zero-order chi connectivity index (χ0) is 14.5. The van der Waals surface area contributed by atoms with E-state index in [2.05, 4.69) is 5.32 Å². The van der Waals surface area contributed by atoms with E-state index in [0.717, 1.165) is 31.5 Å². The molecule has 1 unspecified atom stereocenters. The zero-order valence-corrected chi connectivity index (χ0v) is 13.0. The summed E-state index contributed by atoms with van der Waals surface area (Å²) in [6.07, 6.45) is 1.89. The minimum Gasteiger partial charge on any atom is -0.366 e. The second kappa shape index (κ2) is 8.00. The molecule has 0 aromatic heterocycles. The number of hydrogen-bond acceptors (Lipinski definition) is 3. The van der Waals surface area contributed by atoms with E-state index in [4.69, 9.17) is 5.73 Å². The second-order valence-electron chi connectivity index (χ2n) is 5.29. The first-order valence-corrected chi connectivity index (χ1v) is 6.91. The van der Waals surface area contributed by atoms with Crippen molar-refractivity contribution >= 4 is 24.2 Å². The molecular formula is C15H22ClN3O2. The first-order valence-electron chi connectivity index (χ1n) is 6.91. The number of benzene rings is 1. The molecule has 1 heterocycles. The van der Waals surface area contributed by atoms with Crippen molar-refractivity contribution in [1.29, 1.82) is 0 Å². The number of carbonyl (C=O) groups excluding carboxylic acids is 2. The Morgan fingerprint density at radius 3 is 2.86 bits per heavy atom. The highest BCUT2D eigenvalue weighted by atomic mass is 35.5. The fourth-order valence-electron chi connectivity index (χ4n) is 2.67. The van der Waals surface area contributed by atoms with Crippen LogP contribution in [0.5, 0.6) is 0 Å². The van der Waals surface area contributed by atoms with E-state index < -0.39 is 5.91 Å². The minimum atomic E-state index is -0.399. The lowest BCUT2D eigenvalue weighted by Gasteiger charge is -2.16. The van der Waals surface area contributed by atoms with Gasteiger partial charge in [0.15, 0.2) is 0 Å². The van der Waals surface area contributed by atoms with Gasteiger partial charge in [0.25, 0.3) is 0 Å². The number of nitrogens with two attached hydrogens (primary N) is 1. The third-order valence-corrected chi connectivity index (χ3v) is 3.70. The van der Waals surface area contributed by atoms with Crippen LogP contribution in [0.15, 0.2) is 24.3 Å². The Morgan fingerprint density at radius 2 is 2.19 bits per heavy atom.